The molecule has 1 aromatic rings. The molecule has 0 radical (unpaired) electrons. The standard InChI is InChI=1S/C8H11BrN2S/c1-5(2)3-7-10-4-6(9)8(12)11-7/h4-5H,3H2,1-2H3,(H,10,11,12). The van der Waals surface area contributed by atoms with Gasteiger partial charge in [-0.1, -0.05) is 26.1 Å². The van der Waals surface area contributed by atoms with Crippen LogP contribution in [0, 0.1) is 10.6 Å². The maximum absolute atomic E-state index is 5.05. The number of rotatable bonds is 2. The lowest BCUT2D eigenvalue weighted by Crippen LogP contribution is -2.00. The van der Waals surface area contributed by atoms with E-state index < -0.39 is 0 Å². The van der Waals surface area contributed by atoms with Gasteiger partial charge in [-0.3, -0.25) is 0 Å². The van der Waals surface area contributed by atoms with Gasteiger partial charge >= 0.3 is 0 Å². The van der Waals surface area contributed by atoms with Gasteiger partial charge < -0.3 is 4.98 Å². The second-order valence-electron chi connectivity index (χ2n) is 3.10. The molecule has 2 nitrogen and oxygen atoms in total. The number of aromatic nitrogens is 2. The van der Waals surface area contributed by atoms with Crippen LogP contribution in [0.2, 0.25) is 0 Å². The highest BCUT2D eigenvalue weighted by atomic mass is 79.9. The van der Waals surface area contributed by atoms with E-state index in [-0.39, 0.29) is 0 Å². The molecule has 0 aliphatic carbocycles. The Morgan fingerprint density at radius 2 is 2.33 bits per heavy atom. The average molecular weight is 247 g/mol. The van der Waals surface area contributed by atoms with Crippen molar-refractivity contribution in [2.45, 2.75) is 20.3 Å². The molecule has 0 bridgehead atoms. The van der Waals surface area contributed by atoms with Crippen LogP contribution in [0.3, 0.4) is 0 Å². The highest BCUT2D eigenvalue weighted by Gasteiger charge is 1.99. The SMILES string of the molecule is CC(C)Cc1ncc(Br)c(=S)[nH]1. The molecular weight excluding hydrogens is 236 g/mol. The summed E-state index contributed by atoms with van der Waals surface area (Å²) in [5.41, 5.74) is 0. The van der Waals surface area contributed by atoms with Crippen molar-refractivity contribution in [1.29, 1.82) is 0 Å². The summed E-state index contributed by atoms with van der Waals surface area (Å²) in [7, 11) is 0. The summed E-state index contributed by atoms with van der Waals surface area (Å²) in [5, 5.41) is 0. The van der Waals surface area contributed by atoms with Crippen molar-refractivity contribution < 1.29 is 0 Å². The summed E-state index contributed by atoms with van der Waals surface area (Å²) in [6.07, 6.45) is 2.69. The molecule has 1 aromatic heterocycles. The van der Waals surface area contributed by atoms with Crippen molar-refractivity contribution >= 4 is 28.1 Å². The maximum atomic E-state index is 5.05. The zero-order valence-electron chi connectivity index (χ0n) is 7.10. The Morgan fingerprint density at radius 3 is 2.83 bits per heavy atom. The van der Waals surface area contributed by atoms with Crippen molar-refractivity contribution in [3.05, 3.63) is 21.1 Å². The lowest BCUT2D eigenvalue weighted by atomic mass is 10.1. The third-order valence-corrected chi connectivity index (χ3v) is 2.60. The first kappa shape index (κ1) is 9.86. The maximum Gasteiger partial charge on any atom is 0.120 e. The van der Waals surface area contributed by atoms with Gasteiger partial charge in [-0.05, 0) is 21.8 Å². The highest BCUT2D eigenvalue weighted by Crippen LogP contribution is 2.09. The molecule has 0 fully saturated rings. The summed E-state index contributed by atoms with van der Waals surface area (Å²) >= 11 is 8.35. The van der Waals surface area contributed by atoms with Gasteiger partial charge in [0.25, 0.3) is 0 Å². The molecule has 0 saturated carbocycles. The number of hydrogen-bond acceptors (Lipinski definition) is 2. The predicted octanol–water partition coefficient (Wildman–Crippen LogP) is 3.10. The molecule has 0 saturated heterocycles. The van der Waals surface area contributed by atoms with Crippen molar-refractivity contribution in [2.24, 2.45) is 5.92 Å². The molecule has 1 heterocycles. The molecule has 0 spiro atoms. The van der Waals surface area contributed by atoms with Crippen LogP contribution in [0.4, 0.5) is 0 Å². The van der Waals surface area contributed by atoms with E-state index in [1.807, 2.05) is 0 Å². The first-order valence-corrected chi connectivity index (χ1v) is 5.03. The Morgan fingerprint density at radius 1 is 1.67 bits per heavy atom. The summed E-state index contributed by atoms with van der Waals surface area (Å²) < 4.78 is 1.57. The van der Waals surface area contributed by atoms with Crippen LogP contribution in [0.25, 0.3) is 0 Å². The van der Waals surface area contributed by atoms with Crippen LogP contribution >= 0.6 is 28.1 Å². The van der Waals surface area contributed by atoms with Crippen molar-refractivity contribution in [3.8, 4) is 0 Å². The second-order valence-corrected chi connectivity index (χ2v) is 4.37. The molecule has 0 amide bonds. The zero-order chi connectivity index (χ0) is 9.14. The van der Waals surface area contributed by atoms with Crippen LogP contribution in [0.5, 0.6) is 0 Å². The minimum absolute atomic E-state index is 0.601. The fraction of sp³-hybridized carbons (Fsp3) is 0.500. The first-order chi connectivity index (χ1) is 5.59. The first-order valence-electron chi connectivity index (χ1n) is 3.83. The molecule has 0 aliphatic rings. The highest BCUT2D eigenvalue weighted by molar-refractivity contribution is 9.10. The third-order valence-electron chi connectivity index (χ3n) is 1.41. The molecule has 0 atom stereocenters. The normalized spacial score (nSPS) is 10.7. The Bertz CT molecular complexity index is 319. The van der Waals surface area contributed by atoms with Gasteiger partial charge in [0.15, 0.2) is 0 Å². The quantitative estimate of drug-likeness (QED) is 0.813. The van der Waals surface area contributed by atoms with E-state index in [4.69, 9.17) is 12.2 Å². The van der Waals surface area contributed by atoms with Gasteiger partial charge in [-0.25, -0.2) is 4.98 Å². The number of hydrogen-bond donors (Lipinski definition) is 1. The molecule has 1 N–H and O–H groups in total. The molecule has 0 unspecified atom stereocenters. The van der Waals surface area contributed by atoms with E-state index in [1.165, 1.54) is 0 Å². The number of aromatic amines is 1. The van der Waals surface area contributed by atoms with Crippen molar-refractivity contribution in [1.82, 2.24) is 9.97 Å². The smallest absolute Gasteiger partial charge is 0.120 e. The van der Waals surface area contributed by atoms with Gasteiger partial charge in [-0.15, -0.1) is 0 Å². The van der Waals surface area contributed by atoms with Crippen LogP contribution in [-0.2, 0) is 6.42 Å². The molecule has 12 heavy (non-hydrogen) atoms. The fourth-order valence-corrected chi connectivity index (χ4v) is 1.28. The van der Waals surface area contributed by atoms with Crippen molar-refractivity contribution in [3.63, 3.8) is 0 Å². The van der Waals surface area contributed by atoms with E-state index >= 15 is 0 Å². The summed E-state index contributed by atoms with van der Waals surface area (Å²) in [5.74, 6) is 1.56. The molecular formula is C8H11BrN2S. The lowest BCUT2D eigenvalue weighted by Gasteiger charge is -2.03. The van der Waals surface area contributed by atoms with E-state index in [2.05, 4.69) is 39.7 Å². The Hall–Kier alpha value is -0.220. The molecule has 1 rings (SSSR count). The van der Waals surface area contributed by atoms with Crippen molar-refractivity contribution in [2.75, 3.05) is 0 Å². The Labute approximate surface area is 85.6 Å². The summed E-state index contributed by atoms with van der Waals surface area (Å²) in [6, 6.07) is 0. The molecule has 4 heteroatoms. The number of nitrogens with one attached hydrogen (secondary N) is 1. The van der Waals surface area contributed by atoms with Crippen LogP contribution in [0.15, 0.2) is 10.7 Å². The van der Waals surface area contributed by atoms with E-state index in [9.17, 15) is 0 Å². The number of H-pyrrole nitrogens is 1. The van der Waals surface area contributed by atoms with Gasteiger partial charge in [0.05, 0.1) is 4.47 Å². The molecule has 66 valence electrons. The third kappa shape index (κ3) is 2.68. The predicted molar refractivity (Wildman–Crippen MR) is 55.7 cm³/mol. The minimum Gasteiger partial charge on any atom is -0.334 e. The molecule has 0 aromatic carbocycles. The Kier molecular flexibility index (Phi) is 3.40. The van der Waals surface area contributed by atoms with Gasteiger partial charge in [0.2, 0.25) is 0 Å². The monoisotopic (exact) mass is 246 g/mol. The summed E-state index contributed by atoms with van der Waals surface area (Å²) in [6.45, 7) is 4.31. The van der Waals surface area contributed by atoms with Crippen LogP contribution in [0.1, 0.15) is 19.7 Å². The topological polar surface area (TPSA) is 28.7 Å². The van der Waals surface area contributed by atoms with Gasteiger partial charge in [-0.2, -0.15) is 0 Å². The largest absolute Gasteiger partial charge is 0.334 e. The van der Waals surface area contributed by atoms with E-state index in [0.717, 1.165) is 21.4 Å². The second kappa shape index (κ2) is 4.14. The fourth-order valence-electron chi connectivity index (χ4n) is 0.907. The van der Waals surface area contributed by atoms with Crippen LogP contribution in [-0.4, -0.2) is 9.97 Å². The van der Waals surface area contributed by atoms with Gasteiger partial charge in [0.1, 0.15) is 10.5 Å². The van der Waals surface area contributed by atoms with E-state index in [1.54, 1.807) is 6.20 Å². The minimum atomic E-state index is 0.601. The van der Waals surface area contributed by atoms with Gasteiger partial charge in [0, 0.05) is 12.6 Å². The van der Waals surface area contributed by atoms with E-state index in [0.29, 0.717) is 5.92 Å². The lowest BCUT2D eigenvalue weighted by molar-refractivity contribution is 0.619. The average Bonchev–Trinajstić information content (AvgIpc) is 1.96. The molecule has 0 aliphatic heterocycles. The zero-order valence-corrected chi connectivity index (χ0v) is 9.50. The Balaban J connectivity index is 2.90. The van der Waals surface area contributed by atoms with Crippen LogP contribution < -0.4 is 0 Å². The number of halogens is 1. The summed E-state index contributed by atoms with van der Waals surface area (Å²) in [4.78, 5) is 7.27. The number of nitrogens with zero attached hydrogens (tertiary/aromatic N) is 1.